The molecule has 7 heteroatoms. The highest BCUT2D eigenvalue weighted by molar-refractivity contribution is 6.08. The normalized spacial score (nSPS) is 12.8. The van der Waals surface area contributed by atoms with Gasteiger partial charge in [-0.05, 0) is 35.9 Å². The van der Waals surface area contributed by atoms with Gasteiger partial charge in [-0.25, -0.2) is 0 Å². The lowest BCUT2D eigenvalue weighted by atomic mass is 10.1. The maximum Gasteiger partial charge on any atom is 0.189 e. The van der Waals surface area contributed by atoms with E-state index in [9.17, 15) is 19.8 Å². The second-order valence-corrected chi connectivity index (χ2v) is 5.44. The number of hydrogen-bond donors (Lipinski definition) is 1. The number of carboxylic acid groups (broad SMARTS) is 1. The molecule has 0 unspecified atom stereocenters. The van der Waals surface area contributed by atoms with Crippen molar-refractivity contribution < 1.29 is 34.0 Å². The van der Waals surface area contributed by atoms with Crippen LogP contribution in [0.3, 0.4) is 0 Å². The molecule has 7 nitrogen and oxygen atoms in total. The first kappa shape index (κ1) is 17.3. The zero-order valence-electron chi connectivity index (χ0n) is 13.6. The highest BCUT2D eigenvalue weighted by Crippen LogP contribution is 2.31. The largest absolute Gasteiger partial charge is 0.546 e. The van der Waals surface area contributed by atoms with Crippen LogP contribution in [0.5, 0.6) is 23.0 Å². The van der Waals surface area contributed by atoms with Gasteiger partial charge in [0.15, 0.2) is 17.3 Å². The second kappa shape index (κ2) is 7.60. The molecular formula is C19H15O7-. The van der Waals surface area contributed by atoms with Gasteiger partial charge in [-0.2, -0.15) is 0 Å². The molecule has 0 saturated carbocycles. The van der Waals surface area contributed by atoms with Gasteiger partial charge in [0.25, 0.3) is 0 Å². The fraction of sp³-hybridized carbons (Fsp3) is 0.158. The summed E-state index contributed by atoms with van der Waals surface area (Å²) in [6, 6.07) is 9.24. The average Bonchev–Trinajstić information content (AvgIpc) is 2.64. The number of allylic oxidation sites excluding steroid dienone is 1. The Morgan fingerprint density at radius 1 is 1.12 bits per heavy atom. The summed E-state index contributed by atoms with van der Waals surface area (Å²) in [5, 5.41) is 20.3. The molecule has 1 N–H and O–H groups in total. The van der Waals surface area contributed by atoms with Crippen LogP contribution in [0.1, 0.15) is 15.9 Å². The van der Waals surface area contributed by atoms with Crippen molar-refractivity contribution in [1.29, 1.82) is 0 Å². The minimum Gasteiger partial charge on any atom is -0.546 e. The predicted octanol–water partition coefficient (Wildman–Crippen LogP) is 1.19. The van der Waals surface area contributed by atoms with Crippen LogP contribution in [-0.4, -0.2) is 36.7 Å². The Labute approximate surface area is 149 Å². The van der Waals surface area contributed by atoms with Crippen LogP contribution in [0.15, 0.2) is 42.5 Å². The van der Waals surface area contributed by atoms with Gasteiger partial charge in [0.05, 0.1) is 11.5 Å². The third-order valence-corrected chi connectivity index (χ3v) is 3.58. The van der Waals surface area contributed by atoms with E-state index in [0.717, 1.165) is 5.56 Å². The Morgan fingerprint density at radius 3 is 2.62 bits per heavy atom. The predicted molar refractivity (Wildman–Crippen MR) is 89.4 cm³/mol. The molecule has 3 rings (SSSR count). The van der Waals surface area contributed by atoms with Crippen molar-refractivity contribution in [3.63, 3.8) is 0 Å². The molecule has 1 aliphatic rings. The summed E-state index contributed by atoms with van der Waals surface area (Å²) >= 11 is 0. The maximum absolute atomic E-state index is 12.3. The Kier molecular flexibility index (Phi) is 5.07. The van der Waals surface area contributed by atoms with E-state index in [0.29, 0.717) is 24.7 Å². The van der Waals surface area contributed by atoms with Crippen molar-refractivity contribution in [2.45, 2.75) is 0 Å². The van der Waals surface area contributed by atoms with Crippen molar-refractivity contribution in [1.82, 2.24) is 0 Å². The number of carbonyl (C=O) groups excluding carboxylic acids is 2. The highest BCUT2D eigenvalue weighted by atomic mass is 16.6. The van der Waals surface area contributed by atoms with Crippen LogP contribution < -0.4 is 19.3 Å². The van der Waals surface area contributed by atoms with E-state index in [1.807, 2.05) is 0 Å². The number of ether oxygens (including phenoxy) is 3. The number of hydrogen-bond acceptors (Lipinski definition) is 7. The molecule has 134 valence electrons. The number of phenolic OH excluding ortho intramolecular Hbond substituents is 1. The van der Waals surface area contributed by atoms with Crippen LogP contribution in [-0.2, 0) is 4.79 Å². The molecule has 0 aliphatic carbocycles. The third-order valence-electron chi connectivity index (χ3n) is 3.58. The molecular weight excluding hydrogens is 340 g/mol. The first-order valence-corrected chi connectivity index (χ1v) is 7.80. The van der Waals surface area contributed by atoms with E-state index >= 15 is 0 Å². The summed E-state index contributed by atoms with van der Waals surface area (Å²) in [6.45, 7) is 0.332. The smallest absolute Gasteiger partial charge is 0.189 e. The third kappa shape index (κ3) is 4.13. The topological polar surface area (TPSA) is 105 Å². The van der Waals surface area contributed by atoms with E-state index in [-0.39, 0.29) is 17.1 Å². The number of aromatic hydroxyl groups is 1. The van der Waals surface area contributed by atoms with Crippen LogP contribution >= 0.6 is 0 Å². The summed E-state index contributed by atoms with van der Waals surface area (Å²) in [5.41, 5.74) is 0.815. The fourth-order valence-electron chi connectivity index (χ4n) is 2.38. The van der Waals surface area contributed by atoms with Gasteiger partial charge >= 0.3 is 0 Å². The second-order valence-electron chi connectivity index (χ2n) is 5.44. The molecule has 0 bridgehead atoms. The first-order chi connectivity index (χ1) is 12.5. The van der Waals surface area contributed by atoms with Crippen molar-refractivity contribution in [2.75, 3.05) is 19.8 Å². The highest BCUT2D eigenvalue weighted by Gasteiger charge is 2.12. The Balaban J connectivity index is 1.71. The summed E-state index contributed by atoms with van der Waals surface area (Å²) in [5.74, 6) is -0.708. The lowest BCUT2D eigenvalue weighted by Gasteiger charge is -2.18. The summed E-state index contributed by atoms with van der Waals surface area (Å²) in [6.07, 6.45) is 2.92. The standard InChI is InChI=1S/C19H16O7/c20-15(14-4-3-13(10-16(14)21)26-11-19(22)23)5-1-12-2-6-17-18(9-12)25-8-7-24-17/h1-6,9-10,21H,7-8,11H2,(H,22,23)/p-1/b5-1+. The Morgan fingerprint density at radius 2 is 1.88 bits per heavy atom. The average molecular weight is 355 g/mol. The minimum atomic E-state index is -1.38. The maximum atomic E-state index is 12.3. The summed E-state index contributed by atoms with van der Waals surface area (Å²) in [4.78, 5) is 22.6. The number of ketones is 1. The number of aliphatic carboxylic acids is 1. The lowest BCUT2D eigenvalue weighted by Crippen LogP contribution is -2.28. The zero-order chi connectivity index (χ0) is 18.5. The van der Waals surface area contributed by atoms with Crippen LogP contribution in [0.25, 0.3) is 6.08 Å². The molecule has 1 aliphatic heterocycles. The molecule has 1 heterocycles. The van der Waals surface area contributed by atoms with Gasteiger partial charge in [0.2, 0.25) is 0 Å². The summed E-state index contributed by atoms with van der Waals surface area (Å²) < 4.78 is 15.8. The van der Waals surface area contributed by atoms with Gasteiger partial charge in [0, 0.05) is 6.07 Å². The quantitative estimate of drug-likeness (QED) is 0.613. The van der Waals surface area contributed by atoms with Gasteiger partial charge in [0.1, 0.15) is 31.3 Å². The van der Waals surface area contributed by atoms with Gasteiger partial charge in [-0.3, -0.25) is 4.79 Å². The lowest BCUT2D eigenvalue weighted by molar-refractivity contribution is -0.307. The SMILES string of the molecule is O=C([O-])COc1ccc(C(=O)/C=C/c2ccc3c(c2)OCCO3)c(O)c1. The molecule has 26 heavy (non-hydrogen) atoms. The van der Waals surface area contributed by atoms with E-state index in [4.69, 9.17) is 14.2 Å². The van der Waals surface area contributed by atoms with E-state index in [1.165, 1.54) is 24.3 Å². The zero-order valence-corrected chi connectivity index (χ0v) is 13.6. The molecule has 0 aromatic heterocycles. The van der Waals surface area contributed by atoms with E-state index in [1.54, 1.807) is 24.3 Å². The van der Waals surface area contributed by atoms with Crippen LogP contribution in [0, 0.1) is 0 Å². The molecule has 0 spiro atoms. The van der Waals surface area contributed by atoms with Crippen molar-refractivity contribution in [3.05, 3.63) is 53.6 Å². The van der Waals surface area contributed by atoms with Crippen molar-refractivity contribution in [2.24, 2.45) is 0 Å². The van der Waals surface area contributed by atoms with Crippen LogP contribution in [0.4, 0.5) is 0 Å². The first-order valence-electron chi connectivity index (χ1n) is 7.80. The molecule has 0 radical (unpaired) electrons. The van der Waals surface area contributed by atoms with Gasteiger partial charge in [-0.15, -0.1) is 0 Å². The molecule has 2 aromatic rings. The number of carbonyl (C=O) groups is 2. The number of benzene rings is 2. The van der Waals surface area contributed by atoms with Crippen LogP contribution in [0.2, 0.25) is 0 Å². The van der Waals surface area contributed by atoms with Crippen molar-refractivity contribution >= 4 is 17.8 Å². The summed E-state index contributed by atoms with van der Waals surface area (Å²) in [7, 11) is 0. The fourth-order valence-corrected chi connectivity index (χ4v) is 2.38. The monoisotopic (exact) mass is 355 g/mol. The number of fused-ring (bicyclic) bond motifs is 1. The van der Waals surface area contributed by atoms with Gasteiger partial charge < -0.3 is 29.2 Å². The Bertz CT molecular complexity index is 870. The number of carboxylic acids is 1. The number of phenols is 1. The number of rotatable bonds is 6. The molecule has 0 atom stereocenters. The van der Waals surface area contributed by atoms with Gasteiger partial charge in [-0.1, -0.05) is 12.1 Å². The Hall–Kier alpha value is -3.48. The molecule has 0 amide bonds. The molecule has 2 aromatic carbocycles. The van der Waals surface area contributed by atoms with E-state index in [2.05, 4.69) is 0 Å². The molecule has 0 saturated heterocycles. The van der Waals surface area contributed by atoms with Crippen molar-refractivity contribution in [3.8, 4) is 23.0 Å². The van der Waals surface area contributed by atoms with E-state index < -0.39 is 18.4 Å². The minimum absolute atomic E-state index is 0.0691. The molecule has 0 fully saturated rings.